The summed E-state index contributed by atoms with van der Waals surface area (Å²) in [5.41, 5.74) is 1.30. The van der Waals surface area contributed by atoms with E-state index >= 15 is 0 Å². The molecule has 4 nitrogen and oxygen atoms in total. The van der Waals surface area contributed by atoms with E-state index in [9.17, 15) is 5.11 Å². The zero-order valence-corrected chi connectivity index (χ0v) is 17.7. The Kier molecular flexibility index (Phi) is 6.59. The molecule has 0 aromatic heterocycles. The molecule has 3 unspecified atom stereocenters. The van der Waals surface area contributed by atoms with Gasteiger partial charge >= 0.3 is 0 Å². The SMILES string of the molecule is CC1CCCN(CCOc2ccccc2CN(C)C2C[C@H]3CC(O)C[C@H]3C2)C1. The van der Waals surface area contributed by atoms with Gasteiger partial charge < -0.3 is 9.84 Å². The summed E-state index contributed by atoms with van der Waals surface area (Å²) < 4.78 is 6.23. The van der Waals surface area contributed by atoms with Crippen molar-refractivity contribution in [3.05, 3.63) is 29.8 Å². The van der Waals surface area contributed by atoms with Gasteiger partial charge in [-0.15, -0.1) is 0 Å². The van der Waals surface area contributed by atoms with Crippen molar-refractivity contribution >= 4 is 0 Å². The number of likely N-dealkylation sites (tertiary alicyclic amines) is 1. The smallest absolute Gasteiger partial charge is 0.123 e. The number of para-hydroxylation sites is 1. The van der Waals surface area contributed by atoms with Crippen LogP contribution in [-0.4, -0.2) is 60.3 Å². The first-order valence-corrected chi connectivity index (χ1v) is 11.4. The fourth-order valence-corrected chi connectivity index (χ4v) is 5.86. The van der Waals surface area contributed by atoms with Crippen LogP contribution in [0.25, 0.3) is 0 Å². The second kappa shape index (κ2) is 9.15. The molecule has 28 heavy (non-hydrogen) atoms. The van der Waals surface area contributed by atoms with Crippen molar-refractivity contribution in [2.45, 2.75) is 64.1 Å². The zero-order chi connectivity index (χ0) is 19.5. The van der Waals surface area contributed by atoms with Gasteiger partial charge in [0.15, 0.2) is 0 Å². The molecular formula is C24H38N2O2. The average Bonchev–Trinajstić information content (AvgIpc) is 3.21. The number of piperidine rings is 1. The van der Waals surface area contributed by atoms with E-state index < -0.39 is 0 Å². The monoisotopic (exact) mass is 386 g/mol. The third-order valence-electron chi connectivity index (χ3n) is 7.39. The largest absolute Gasteiger partial charge is 0.492 e. The molecule has 4 rings (SSSR count). The van der Waals surface area contributed by atoms with Crippen molar-refractivity contribution in [3.8, 4) is 5.75 Å². The molecule has 5 atom stereocenters. The Morgan fingerprint density at radius 2 is 1.89 bits per heavy atom. The van der Waals surface area contributed by atoms with E-state index in [0.29, 0.717) is 6.04 Å². The van der Waals surface area contributed by atoms with Gasteiger partial charge in [0.05, 0.1) is 6.10 Å². The molecule has 0 radical (unpaired) electrons. The molecule has 2 aliphatic carbocycles. The molecule has 1 saturated heterocycles. The Hall–Kier alpha value is -1.10. The topological polar surface area (TPSA) is 35.9 Å². The summed E-state index contributed by atoms with van der Waals surface area (Å²) in [6.45, 7) is 7.55. The van der Waals surface area contributed by atoms with Crippen molar-refractivity contribution in [1.29, 1.82) is 0 Å². The lowest BCUT2D eigenvalue weighted by Gasteiger charge is -2.30. The van der Waals surface area contributed by atoms with Crippen LogP contribution in [0.5, 0.6) is 5.75 Å². The summed E-state index contributed by atoms with van der Waals surface area (Å²) in [5.74, 6) is 3.34. The van der Waals surface area contributed by atoms with Crippen LogP contribution in [0.15, 0.2) is 24.3 Å². The highest BCUT2D eigenvalue weighted by molar-refractivity contribution is 5.33. The molecule has 1 aromatic rings. The minimum Gasteiger partial charge on any atom is -0.492 e. The first kappa shape index (κ1) is 20.2. The lowest BCUT2D eigenvalue weighted by atomic mass is 10.0. The number of aliphatic hydroxyl groups is 1. The Morgan fingerprint density at radius 3 is 2.64 bits per heavy atom. The van der Waals surface area contributed by atoms with Gasteiger partial charge in [0, 0.05) is 31.2 Å². The molecule has 3 aliphatic rings. The number of nitrogens with zero attached hydrogens (tertiary/aromatic N) is 2. The van der Waals surface area contributed by atoms with Crippen molar-refractivity contribution < 1.29 is 9.84 Å². The first-order chi connectivity index (χ1) is 13.6. The van der Waals surface area contributed by atoms with Gasteiger partial charge in [-0.1, -0.05) is 25.1 Å². The molecule has 2 saturated carbocycles. The highest BCUT2D eigenvalue weighted by Gasteiger charge is 2.42. The molecular weight excluding hydrogens is 348 g/mol. The molecule has 156 valence electrons. The Balaban J connectivity index is 1.28. The van der Waals surface area contributed by atoms with Crippen LogP contribution in [0.4, 0.5) is 0 Å². The standard InChI is InChI=1S/C24H38N2O2/c1-18-6-5-9-26(16-18)10-11-28-24-8-4-3-7-19(24)17-25(2)22-12-20-14-23(27)15-21(20)13-22/h3-4,7-8,18,20-23,27H,5-6,9-17H2,1-2H3/t18?,20-,21+,22?,23?. The lowest BCUT2D eigenvalue weighted by molar-refractivity contribution is 0.150. The van der Waals surface area contributed by atoms with Gasteiger partial charge in [-0.3, -0.25) is 9.80 Å². The minimum absolute atomic E-state index is 0.0433. The number of aliphatic hydroxyl groups excluding tert-OH is 1. The summed E-state index contributed by atoms with van der Waals surface area (Å²) in [7, 11) is 2.26. The maximum absolute atomic E-state index is 9.89. The summed E-state index contributed by atoms with van der Waals surface area (Å²) in [4.78, 5) is 5.06. The molecule has 4 heteroatoms. The highest BCUT2D eigenvalue weighted by atomic mass is 16.5. The average molecular weight is 387 g/mol. The van der Waals surface area contributed by atoms with E-state index in [-0.39, 0.29) is 6.10 Å². The van der Waals surface area contributed by atoms with Gasteiger partial charge in [-0.25, -0.2) is 0 Å². The van der Waals surface area contributed by atoms with E-state index in [1.165, 1.54) is 44.3 Å². The quantitative estimate of drug-likeness (QED) is 0.774. The van der Waals surface area contributed by atoms with Crippen LogP contribution in [-0.2, 0) is 6.54 Å². The van der Waals surface area contributed by atoms with Crippen molar-refractivity contribution in [2.75, 3.05) is 33.3 Å². The Bertz CT molecular complexity index is 623. The van der Waals surface area contributed by atoms with Crippen LogP contribution in [0.2, 0.25) is 0 Å². The van der Waals surface area contributed by atoms with Crippen LogP contribution in [0.3, 0.4) is 0 Å². The molecule has 1 aliphatic heterocycles. The molecule has 0 amide bonds. The molecule has 1 N–H and O–H groups in total. The van der Waals surface area contributed by atoms with Gasteiger partial charge in [0.1, 0.15) is 12.4 Å². The predicted molar refractivity (Wildman–Crippen MR) is 113 cm³/mol. The van der Waals surface area contributed by atoms with E-state index in [1.54, 1.807) is 0 Å². The Morgan fingerprint density at radius 1 is 1.14 bits per heavy atom. The number of ether oxygens (including phenoxy) is 1. The zero-order valence-electron chi connectivity index (χ0n) is 17.7. The van der Waals surface area contributed by atoms with Crippen molar-refractivity contribution in [1.82, 2.24) is 9.80 Å². The molecule has 1 aromatic carbocycles. The van der Waals surface area contributed by atoms with E-state index in [4.69, 9.17) is 4.74 Å². The molecule has 3 fully saturated rings. The van der Waals surface area contributed by atoms with Gasteiger partial charge in [0.2, 0.25) is 0 Å². The van der Waals surface area contributed by atoms with Gasteiger partial charge in [-0.05, 0) is 75.9 Å². The number of benzene rings is 1. The maximum atomic E-state index is 9.89. The van der Waals surface area contributed by atoms with Gasteiger partial charge in [-0.2, -0.15) is 0 Å². The molecule has 0 bridgehead atoms. The molecule has 1 heterocycles. The number of fused-ring (bicyclic) bond motifs is 1. The predicted octanol–water partition coefficient (Wildman–Crippen LogP) is 3.78. The number of hydrogen-bond acceptors (Lipinski definition) is 4. The van der Waals surface area contributed by atoms with Crippen molar-refractivity contribution in [3.63, 3.8) is 0 Å². The maximum Gasteiger partial charge on any atom is 0.123 e. The van der Waals surface area contributed by atoms with Gasteiger partial charge in [0.25, 0.3) is 0 Å². The first-order valence-electron chi connectivity index (χ1n) is 11.4. The second-order valence-electron chi connectivity index (χ2n) is 9.69. The molecule has 0 spiro atoms. The van der Waals surface area contributed by atoms with E-state index in [1.807, 2.05) is 0 Å². The highest BCUT2D eigenvalue weighted by Crippen LogP contribution is 2.45. The third-order valence-corrected chi connectivity index (χ3v) is 7.39. The van der Waals surface area contributed by atoms with E-state index in [0.717, 1.165) is 56.0 Å². The summed E-state index contributed by atoms with van der Waals surface area (Å²) in [6, 6.07) is 9.20. The van der Waals surface area contributed by atoms with Crippen LogP contribution < -0.4 is 4.74 Å². The van der Waals surface area contributed by atoms with Crippen molar-refractivity contribution in [2.24, 2.45) is 17.8 Å². The summed E-state index contributed by atoms with van der Waals surface area (Å²) >= 11 is 0. The number of rotatable bonds is 7. The fourth-order valence-electron chi connectivity index (χ4n) is 5.86. The lowest BCUT2D eigenvalue weighted by Crippen LogP contribution is -2.37. The number of hydrogen-bond donors (Lipinski definition) is 1. The Labute approximate surface area is 170 Å². The van der Waals surface area contributed by atoms with Crippen LogP contribution >= 0.6 is 0 Å². The fraction of sp³-hybridized carbons (Fsp3) is 0.750. The van der Waals surface area contributed by atoms with Crippen LogP contribution in [0.1, 0.15) is 51.0 Å². The third kappa shape index (κ3) is 4.90. The normalized spacial score (nSPS) is 33.4. The van der Waals surface area contributed by atoms with Crippen LogP contribution in [0, 0.1) is 17.8 Å². The van der Waals surface area contributed by atoms with E-state index in [2.05, 4.69) is 48.0 Å². The summed E-state index contributed by atoms with van der Waals surface area (Å²) in [6.07, 6.45) is 7.17. The second-order valence-corrected chi connectivity index (χ2v) is 9.69. The minimum atomic E-state index is -0.0433. The summed E-state index contributed by atoms with van der Waals surface area (Å²) in [5, 5.41) is 9.89.